The van der Waals surface area contributed by atoms with Crippen molar-refractivity contribution in [3.63, 3.8) is 0 Å². The molecule has 0 unspecified atom stereocenters. The molecule has 0 radical (unpaired) electrons. The van der Waals surface area contributed by atoms with Crippen LogP contribution < -0.4 is 0 Å². The number of halogens is 1. The van der Waals surface area contributed by atoms with Crippen molar-refractivity contribution in [2.75, 3.05) is 0 Å². The van der Waals surface area contributed by atoms with E-state index in [1.54, 1.807) is 0 Å². The molecule has 0 amide bonds. The minimum Gasteiger partial charge on any atom is -0.147 e. The Morgan fingerprint density at radius 1 is 0.947 bits per heavy atom. The highest BCUT2D eigenvalue weighted by molar-refractivity contribution is 5.85. The average molecular weight is 273 g/mol. The first-order chi connectivity index (χ1) is 8.72. The van der Waals surface area contributed by atoms with E-state index in [4.69, 9.17) is 0 Å². The zero-order valence-corrected chi connectivity index (χ0v) is 12.5. The van der Waals surface area contributed by atoms with Gasteiger partial charge in [-0.2, -0.15) is 0 Å². The van der Waals surface area contributed by atoms with Gasteiger partial charge in [0.1, 0.15) is 0 Å². The summed E-state index contributed by atoms with van der Waals surface area (Å²) in [6.45, 7) is 7.80. The lowest BCUT2D eigenvalue weighted by molar-refractivity contribution is 1.11. The number of hydrogen-bond donors (Lipinski definition) is 0. The Morgan fingerprint density at radius 3 is 1.68 bits per heavy atom. The monoisotopic (exact) mass is 272 g/mol. The average Bonchev–Trinajstić information content (AvgIpc) is 2.78. The Labute approximate surface area is 122 Å². The van der Waals surface area contributed by atoms with Crippen molar-refractivity contribution in [2.24, 2.45) is 0 Å². The predicted molar refractivity (Wildman–Crippen MR) is 87.0 cm³/mol. The summed E-state index contributed by atoms with van der Waals surface area (Å²) in [5.41, 5.74) is 7.01. The maximum atomic E-state index is 3.67. The fraction of sp³-hybridized carbons (Fsp3) is 0.222. The molecule has 0 aliphatic heterocycles. The third-order valence-corrected chi connectivity index (χ3v) is 3.31. The third-order valence-electron chi connectivity index (χ3n) is 3.31. The molecule has 2 aromatic rings. The Bertz CT molecular complexity index is 512. The van der Waals surface area contributed by atoms with Gasteiger partial charge in [0, 0.05) is 0 Å². The molecule has 1 heteroatoms. The highest BCUT2D eigenvalue weighted by atomic mass is 35.5. The molecule has 0 heterocycles. The summed E-state index contributed by atoms with van der Waals surface area (Å²) in [5, 5.41) is 0. The topological polar surface area (TPSA) is 0 Å². The summed E-state index contributed by atoms with van der Waals surface area (Å²) in [5.74, 6) is 0. The van der Waals surface area contributed by atoms with Crippen LogP contribution in [0.25, 0.3) is 11.1 Å². The Morgan fingerprint density at radius 2 is 1.32 bits per heavy atom. The first kappa shape index (κ1) is 15.5. The highest BCUT2D eigenvalue weighted by Crippen LogP contribution is 2.35. The van der Waals surface area contributed by atoms with Crippen molar-refractivity contribution >= 4 is 12.4 Å². The van der Waals surface area contributed by atoms with Crippen LogP contribution in [-0.4, -0.2) is 0 Å². The molecule has 0 saturated carbocycles. The van der Waals surface area contributed by atoms with E-state index in [0.717, 1.165) is 12.8 Å². The SMILES string of the molecule is C=C(C)CC.Cl.c1ccc2c(c1)Cc1ccccc1-2. The van der Waals surface area contributed by atoms with Gasteiger partial charge in [-0.3, -0.25) is 0 Å². The van der Waals surface area contributed by atoms with Gasteiger partial charge in [-0.15, -0.1) is 19.0 Å². The van der Waals surface area contributed by atoms with E-state index in [1.165, 1.54) is 27.8 Å². The summed E-state index contributed by atoms with van der Waals surface area (Å²) >= 11 is 0. The Balaban J connectivity index is 0.000000265. The molecule has 0 spiro atoms. The minimum absolute atomic E-state index is 0. The van der Waals surface area contributed by atoms with Crippen LogP contribution in [0.5, 0.6) is 0 Å². The van der Waals surface area contributed by atoms with Gasteiger partial charge in [0.25, 0.3) is 0 Å². The Kier molecular flexibility index (Phi) is 5.85. The van der Waals surface area contributed by atoms with Crippen LogP contribution in [0.2, 0.25) is 0 Å². The molecule has 19 heavy (non-hydrogen) atoms. The zero-order chi connectivity index (χ0) is 13.0. The second-order valence-corrected chi connectivity index (χ2v) is 4.80. The molecular formula is C18H21Cl. The van der Waals surface area contributed by atoms with Gasteiger partial charge in [-0.25, -0.2) is 0 Å². The van der Waals surface area contributed by atoms with E-state index in [0.29, 0.717) is 0 Å². The Hall–Kier alpha value is -1.53. The molecule has 0 atom stereocenters. The largest absolute Gasteiger partial charge is 0.147 e. The second-order valence-electron chi connectivity index (χ2n) is 4.80. The van der Waals surface area contributed by atoms with Crippen molar-refractivity contribution in [1.82, 2.24) is 0 Å². The first-order valence-electron chi connectivity index (χ1n) is 6.53. The number of fused-ring (bicyclic) bond motifs is 3. The number of benzene rings is 2. The van der Waals surface area contributed by atoms with Crippen LogP contribution in [0.4, 0.5) is 0 Å². The van der Waals surface area contributed by atoms with Crippen molar-refractivity contribution in [2.45, 2.75) is 26.7 Å². The standard InChI is InChI=1S/C13H10.C5H10.ClH/c1-3-7-12-10(5-1)9-11-6-2-4-8-13(11)12;1-4-5(2)3;/h1-8H,9H2;2,4H2,1,3H3;1H. The maximum Gasteiger partial charge on any atom is -0.00135 e. The summed E-state index contributed by atoms with van der Waals surface area (Å²) in [7, 11) is 0. The van der Waals surface area contributed by atoms with E-state index >= 15 is 0 Å². The maximum absolute atomic E-state index is 3.67. The quantitative estimate of drug-likeness (QED) is 0.502. The lowest BCUT2D eigenvalue weighted by Gasteiger charge is -1.98. The zero-order valence-electron chi connectivity index (χ0n) is 11.6. The van der Waals surface area contributed by atoms with E-state index in [2.05, 4.69) is 62.0 Å². The lowest BCUT2D eigenvalue weighted by atomic mass is 10.1. The highest BCUT2D eigenvalue weighted by Gasteiger charge is 2.15. The first-order valence-corrected chi connectivity index (χ1v) is 6.53. The van der Waals surface area contributed by atoms with Gasteiger partial charge in [0.2, 0.25) is 0 Å². The molecule has 100 valence electrons. The van der Waals surface area contributed by atoms with Crippen LogP contribution in [0.15, 0.2) is 60.7 Å². The summed E-state index contributed by atoms with van der Waals surface area (Å²) in [6.07, 6.45) is 2.21. The molecule has 0 saturated heterocycles. The van der Waals surface area contributed by atoms with Gasteiger partial charge in [-0.1, -0.05) is 61.0 Å². The summed E-state index contributed by atoms with van der Waals surface area (Å²) in [6, 6.07) is 17.3. The van der Waals surface area contributed by atoms with Gasteiger partial charge in [0.15, 0.2) is 0 Å². The van der Waals surface area contributed by atoms with Crippen molar-refractivity contribution in [1.29, 1.82) is 0 Å². The molecule has 2 aromatic carbocycles. The van der Waals surface area contributed by atoms with Crippen LogP contribution in [0, 0.1) is 0 Å². The van der Waals surface area contributed by atoms with Crippen molar-refractivity contribution in [3.8, 4) is 11.1 Å². The van der Waals surface area contributed by atoms with Gasteiger partial charge in [-0.05, 0) is 42.0 Å². The van der Waals surface area contributed by atoms with Crippen LogP contribution in [0.1, 0.15) is 31.4 Å². The summed E-state index contributed by atoms with van der Waals surface area (Å²) < 4.78 is 0. The summed E-state index contributed by atoms with van der Waals surface area (Å²) in [4.78, 5) is 0. The van der Waals surface area contributed by atoms with E-state index in [1.807, 2.05) is 6.92 Å². The molecule has 1 aliphatic rings. The molecule has 0 nitrogen and oxygen atoms in total. The predicted octanol–water partition coefficient (Wildman–Crippen LogP) is 5.65. The molecule has 0 aromatic heterocycles. The second kappa shape index (κ2) is 7.16. The normalized spacial score (nSPS) is 10.4. The number of rotatable bonds is 1. The van der Waals surface area contributed by atoms with Crippen LogP contribution in [-0.2, 0) is 6.42 Å². The van der Waals surface area contributed by atoms with E-state index in [9.17, 15) is 0 Å². The third kappa shape index (κ3) is 3.71. The van der Waals surface area contributed by atoms with Crippen LogP contribution >= 0.6 is 12.4 Å². The van der Waals surface area contributed by atoms with Crippen LogP contribution in [0.3, 0.4) is 0 Å². The van der Waals surface area contributed by atoms with E-state index < -0.39 is 0 Å². The number of hydrogen-bond acceptors (Lipinski definition) is 0. The van der Waals surface area contributed by atoms with E-state index in [-0.39, 0.29) is 12.4 Å². The molecule has 1 aliphatic carbocycles. The lowest BCUT2D eigenvalue weighted by Crippen LogP contribution is -1.77. The van der Waals surface area contributed by atoms with Gasteiger partial charge >= 0.3 is 0 Å². The molecule has 0 N–H and O–H groups in total. The number of allylic oxidation sites excluding steroid dienone is 1. The van der Waals surface area contributed by atoms with Crippen molar-refractivity contribution in [3.05, 3.63) is 71.8 Å². The fourth-order valence-electron chi connectivity index (χ4n) is 2.08. The fourth-order valence-corrected chi connectivity index (χ4v) is 2.08. The molecule has 3 rings (SSSR count). The minimum atomic E-state index is 0. The smallest absolute Gasteiger partial charge is 0.00135 e. The van der Waals surface area contributed by atoms with Gasteiger partial charge < -0.3 is 0 Å². The van der Waals surface area contributed by atoms with Crippen molar-refractivity contribution < 1.29 is 0 Å². The molecular weight excluding hydrogens is 252 g/mol. The molecule has 0 bridgehead atoms. The molecule has 0 fully saturated rings. The van der Waals surface area contributed by atoms with Gasteiger partial charge in [0.05, 0.1) is 0 Å².